The SMILES string of the molecule is C=C(C)/C(C)=C/C(=NC)C(=C/C(C)=O)/N=C(\C(C)=C/C(=C\C)N1CCN(CCO)[C@H](C)C1)C(C)CC. The van der Waals surface area contributed by atoms with Gasteiger partial charge in [-0.25, -0.2) is 0 Å². The molecule has 1 unspecified atom stereocenters. The van der Waals surface area contributed by atoms with Crippen LogP contribution in [0, 0.1) is 5.92 Å². The van der Waals surface area contributed by atoms with Crippen LogP contribution in [0.2, 0.25) is 0 Å². The first-order chi connectivity index (χ1) is 17.0. The third-order valence-corrected chi connectivity index (χ3v) is 6.77. The molecule has 0 spiro atoms. The van der Waals surface area contributed by atoms with E-state index < -0.39 is 0 Å². The van der Waals surface area contributed by atoms with E-state index >= 15 is 0 Å². The van der Waals surface area contributed by atoms with E-state index in [1.54, 1.807) is 20.0 Å². The summed E-state index contributed by atoms with van der Waals surface area (Å²) in [5.74, 6) is 0.143. The molecule has 6 nitrogen and oxygen atoms in total. The number of β-amino-alcohol motifs (C(OH)–C–C–N with tert-alkyl or cyclic N) is 1. The van der Waals surface area contributed by atoms with Gasteiger partial charge in [-0.3, -0.25) is 19.7 Å². The highest BCUT2D eigenvalue weighted by molar-refractivity contribution is 6.14. The monoisotopic (exact) mass is 496 g/mol. The Labute approximate surface area is 219 Å². The number of ketones is 1. The summed E-state index contributed by atoms with van der Waals surface area (Å²) >= 11 is 0. The third kappa shape index (κ3) is 9.47. The van der Waals surface area contributed by atoms with Crippen molar-refractivity contribution in [3.05, 3.63) is 59.0 Å². The summed E-state index contributed by atoms with van der Waals surface area (Å²) in [5.41, 5.74) is 6.39. The molecule has 0 bridgehead atoms. The Balaban J connectivity index is 3.47. The lowest BCUT2D eigenvalue weighted by Crippen LogP contribution is -2.51. The second kappa shape index (κ2) is 15.5. The summed E-state index contributed by atoms with van der Waals surface area (Å²) < 4.78 is 0. The molecular formula is C30H48N4O2. The molecule has 1 heterocycles. The molecule has 0 amide bonds. The van der Waals surface area contributed by atoms with Gasteiger partial charge in [0.1, 0.15) is 0 Å². The van der Waals surface area contributed by atoms with E-state index in [0.717, 1.165) is 48.5 Å². The molecule has 0 radical (unpaired) electrons. The second-order valence-corrected chi connectivity index (χ2v) is 9.76. The summed E-state index contributed by atoms with van der Waals surface area (Å²) in [6.45, 7) is 23.9. The molecule has 1 aliphatic rings. The fourth-order valence-corrected chi connectivity index (χ4v) is 4.19. The maximum Gasteiger partial charge on any atom is 0.154 e. The number of nitrogens with zero attached hydrogens (tertiary/aromatic N) is 4. The highest BCUT2D eigenvalue weighted by atomic mass is 16.3. The molecule has 1 aliphatic heterocycles. The van der Waals surface area contributed by atoms with E-state index in [2.05, 4.69) is 68.1 Å². The Morgan fingerprint density at radius 3 is 2.28 bits per heavy atom. The van der Waals surface area contributed by atoms with E-state index in [9.17, 15) is 9.90 Å². The molecule has 0 aromatic carbocycles. The minimum atomic E-state index is -0.0645. The highest BCUT2D eigenvalue weighted by Crippen LogP contribution is 2.21. The number of hydrogen-bond donors (Lipinski definition) is 1. The van der Waals surface area contributed by atoms with E-state index in [1.807, 2.05) is 19.9 Å². The number of aliphatic hydroxyl groups is 1. The van der Waals surface area contributed by atoms with Crippen LogP contribution in [0.25, 0.3) is 0 Å². The van der Waals surface area contributed by atoms with Gasteiger partial charge in [0.2, 0.25) is 0 Å². The summed E-state index contributed by atoms with van der Waals surface area (Å²) in [6, 6.07) is 0.369. The van der Waals surface area contributed by atoms with Crippen LogP contribution in [-0.4, -0.2) is 78.0 Å². The molecule has 0 saturated carbocycles. The topological polar surface area (TPSA) is 68.5 Å². The first-order valence-electron chi connectivity index (χ1n) is 13.1. The first-order valence-corrected chi connectivity index (χ1v) is 13.1. The Hall–Kier alpha value is -2.57. The van der Waals surface area contributed by atoms with Gasteiger partial charge in [-0.05, 0) is 77.2 Å². The molecule has 1 fully saturated rings. The average Bonchev–Trinajstić information content (AvgIpc) is 2.83. The lowest BCUT2D eigenvalue weighted by molar-refractivity contribution is -0.112. The Bertz CT molecular complexity index is 965. The predicted molar refractivity (Wildman–Crippen MR) is 155 cm³/mol. The number of allylic oxidation sites excluding steroid dienone is 7. The van der Waals surface area contributed by atoms with Crippen molar-refractivity contribution in [3.63, 3.8) is 0 Å². The van der Waals surface area contributed by atoms with Gasteiger partial charge in [0.15, 0.2) is 5.78 Å². The van der Waals surface area contributed by atoms with E-state index in [1.165, 1.54) is 5.70 Å². The summed E-state index contributed by atoms with van der Waals surface area (Å²) in [4.78, 5) is 26.4. The van der Waals surface area contributed by atoms with Crippen LogP contribution < -0.4 is 0 Å². The molecule has 1 saturated heterocycles. The minimum absolute atomic E-state index is 0.0645. The predicted octanol–water partition coefficient (Wildman–Crippen LogP) is 5.39. The fourth-order valence-electron chi connectivity index (χ4n) is 4.19. The number of hydrogen-bond acceptors (Lipinski definition) is 6. The van der Waals surface area contributed by atoms with Crippen molar-refractivity contribution in [2.75, 3.05) is 39.8 Å². The van der Waals surface area contributed by atoms with Crippen LogP contribution in [0.15, 0.2) is 69.0 Å². The fraction of sp³-hybridized carbons (Fsp3) is 0.567. The summed E-state index contributed by atoms with van der Waals surface area (Å²) in [5, 5.41) is 9.34. The van der Waals surface area contributed by atoms with Gasteiger partial charge in [-0.15, -0.1) is 0 Å². The summed E-state index contributed by atoms with van der Waals surface area (Å²) in [7, 11) is 1.72. The molecule has 1 rings (SSSR count). The molecule has 2 atom stereocenters. The van der Waals surface area contributed by atoms with E-state index in [0.29, 0.717) is 24.0 Å². The van der Waals surface area contributed by atoms with Gasteiger partial charge in [-0.1, -0.05) is 32.1 Å². The van der Waals surface area contributed by atoms with Crippen molar-refractivity contribution < 1.29 is 9.90 Å². The van der Waals surface area contributed by atoms with Gasteiger partial charge in [0.05, 0.1) is 18.0 Å². The van der Waals surface area contributed by atoms with Crippen LogP contribution in [0.3, 0.4) is 0 Å². The quantitative estimate of drug-likeness (QED) is 0.223. The van der Waals surface area contributed by atoms with Crippen molar-refractivity contribution in [2.45, 2.75) is 67.9 Å². The van der Waals surface area contributed by atoms with Crippen molar-refractivity contribution in [1.29, 1.82) is 0 Å². The standard InChI is InChI=1S/C30H48N4O2/c1-11-22(5)30(32-29(19-26(9)36)28(31-10)18-23(6)21(3)4)24(7)17-27(12-2)34-14-13-33(15-16-35)25(8)20-34/h12,17-19,22,25,35H,3,11,13-16,20H2,1-2,4-10H3/b23-18+,24-17-,27-12+,29-19-,31-28?,32-30-/t22?,25-/m1/s1. The zero-order chi connectivity index (χ0) is 27.4. The number of piperazine rings is 1. The first kappa shape index (κ1) is 31.5. The third-order valence-electron chi connectivity index (χ3n) is 6.77. The normalized spacial score (nSPS) is 20.6. The van der Waals surface area contributed by atoms with Crippen LogP contribution in [0.4, 0.5) is 0 Å². The van der Waals surface area contributed by atoms with Crippen LogP contribution in [0.5, 0.6) is 0 Å². The molecule has 0 aromatic rings. The maximum atomic E-state index is 12.1. The van der Waals surface area contributed by atoms with E-state index in [-0.39, 0.29) is 18.3 Å². The van der Waals surface area contributed by atoms with Gasteiger partial charge in [0.25, 0.3) is 0 Å². The van der Waals surface area contributed by atoms with Crippen molar-refractivity contribution in [1.82, 2.24) is 9.80 Å². The Morgan fingerprint density at radius 1 is 1.14 bits per heavy atom. The molecule has 36 heavy (non-hydrogen) atoms. The number of carbonyl (C=O) groups excluding carboxylic acids is 1. The molecule has 0 aliphatic carbocycles. The number of aliphatic hydroxyl groups excluding tert-OH is 1. The molecule has 1 N–H and O–H groups in total. The average molecular weight is 497 g/mol. The zero-order valence-electron chi connectivity index (χ0n) is 24.1. The maximum absolute atomic E-state index is 12.1. The number of carbonyl (C=O) groups is 1. The second-order valence-electron chi connectivity index (χ2n) is 9.76. The number of aliphatic imine (C=N–C) groups is 2. The lowest BCUT2D eigenvalue weighted by Gasteiger charge is -2.41. The smallest absolute Gasteiger partial charge is 0.154 e. The largest absolute Gasteiger partial charge is 0.395 e. The highest BCUT2D eigenvalue weighted by Gasteiger charge is 2.24. The Kier molecular flexibility index (Phi) is 13.6. The minimum Gasteiger partial charge on any atom is -0.395 e. The van der Waals surface area contributed by atoms with E-state index in [4.69, 9.17) is 4.99 Å². The van der Waals surface area contributed by atoms with Gasteiger partial charge < -0.3 is 10.0 Å². The Morgan fingerprint density at radius 2 is 1.81 bits per heavy atom. The van der Waals surface area contributed by atoms with Crippen molar-refractivity contribution >= 4 is 17.2 Å². The van der Waals surface area contributed by atoms with Crippen molar-refractivity contribution in [3.8, 4) is 0 Å². The molecular weight excluding hydrogens is 448 g/mol. The molecule has 200 valence electrons. The lowest BCUT2D eigenvalue weighted by atomic mass is 9.95. The zero-order valence-corrected chi connectivity index (χ0v) is 24.1. The molecule has 0 aromatic heterocycles. The van der Waals surface area contributed by atoms with Gasteiger partial charge in [0, 0.05) is 56.8 Å². The van der Waals surface area contributed by atoms with Crippen LogP contribution in [0.1, 0.15) is 61.8 Å². The van der Waals surface area contributed by atoms with Crippen molar-refractivity contribution in [2.24, 2.45) is 15.9 Å². The van der Waals surface area contributed by atoms with Crippen LogP contribution in [-0.2, 0) is 4.79 Å². The molecule has 6 heteroatoms. The number of rotatable bonds is 12. The van der Waals surface area contributed by atoms with Gasteiger partial charge in [-0.2, -0.15) is 0 Å². The van der Waals surface area contributed by atoms with Crippen LogP contribution >= 0.6 is 0 Å². The van der Waals surface area contributed by atoms with Gasteiger partial charge >= 0.3 is 0 Å². The summed E-state index contributed by atoms with van der Waals surface area (Å²) in [6.07, 6.45) is 8.80.